The fourth-order valence-electron chi connectivity index (χ4n) is 3.19. The molecule has 1 N–H and O–H groups in total. The minimum absolute atomic E-state index is 0.00998. The zero-order valence-electron chi connectivity index (χ0n) is 11.3. The van der Waals surface area contributed by atoms with Crippen LogP contribution in [0, 0.1) is 10.8 Å². The van der Waals surface area contributed by atoms with Gasteiger partial charge in [-0.05, 0) is 40.0 Å². The maximum absolute atomic E-state index is 13.8. The predicted molar refractivity (Wildman–Crippen MR) is 61.8 cm³/mol. The van der Waals surface area contributed by atoms with Gasteiger partial charge in [-0.15, -0.1) is 0 Å². The number of carboxylic acid groups (broad SMARTS) is 1. The second-order valence-corrected chi connectivity index (χ2v) is 6.68. The van der Waals surface area contributed by atoms with E-state index in [4.69, 9.17) is 9.84 Å². The summed E-state index contributed by atoms with van der Waals surface area (Å²) in [5.74, 6) is -5.15. The minimum atomic E-state index is -3.20. The van der Waals surface area contributed by atoms with Gasteiger partial charge in [0.1, 0.15) is 11.0 Å². The van der Waals surface area contributed by atoms with E-state index in [9.17, 15) is 18.4 Å². The van der Waals surface area contributed by atoms with Crippen LogP contribution < -0.4 is 0 Å². The fourth-order valence-corrected chi connectivity index (χ4v) is 3.19. The fraction of sp³-hybridized carbons (Fsp3) is 0.846. The molecule has 3 rings (SSSR count). The molecule has 2 bridgehead atoms. The van der Waals surface area contributed by atoms with Gasteiger partial charge < -0.3 is 9.84 Å². The maximum atomic E-state index is 13.8. The summed E-state index contributed by atoms with van der Waals surface area (Å²) in [4.78, 5) is 22.4. The van der Waals surface area contributed by atoms with Gasteiger partial charge in [0.15, 0.2) is 0 Å². The van der Waals surface area contributed by atoms with E-state index in [-0.39, 0.29) is 25.7 Å². The highest BCUT2D eigenvalue weighted by atomic mass is 19.3. The van der Waals surface area contributed by atoms with Crippen LogP contribution in [0.15, 0.2) is 0 Å². The van der Waals surface area contributed by atoms with Crippen LogP contribution in [0.1, 0.15) is 46.5 Å². The molecule has 19 heavy (non-hydrogen) atoms. The highest BCUT2D eigenvalue weighted by Gasteiger charge is 2.91. The second kappa shape index (κ2) is 3.67. The molecule has 0 aromatic rings. The Hall–Kier alpha value is -1.20. The largest absolute Gasteiger partial charge is 0.481 e. The van der Waals surface area contributed by atoms with Crippen LogP contribution in [0.4, 0.5) is 8.78 Å². The van der Waals surface area contributed by atoms with Gasteiger partial charge in [0, 0.05) is 11.8 Å². The first-order valence-corrected chi connectivity index (χ1v) is 6.29. The third kappa shape index (κ3) is 1.75. The zero-order valence-corrected chi connectivity index (χ0v) is 11.3. The number of halogens is 2. The Kier molecular flexibility index (Phi) is 2.75. The average molecular weight is 276 g/mol. The Morgan fingerprint density at radius 3 is 2.16 bits per heavy atom. The minimum Gasteiger partial charge on any atom is -0.481 e. The Balaban J connectivity index is 1.91. The SMILES string of the molecule is CC(C)(C)OC(=O)CCC12CC(C(=O)O)(C1)C2(F)F. The van der Waals surface area contributed by atoms with E-state index in [2.05, 4.69) is 0 Å². The summed E-state index contributed by atoms with van der Waals surface area (Å²) in [5.41, 5.74) is -3.81. The average Bonchev–Trinajstić information content (AvgIpc) is 2.11. The highest BCUT2D eigenvalue weighted by molar-refractivity contribution is 5.82. The molecule has 3 saturated carbocycles. The third-order valence-corrected chi connectivity index (χ3v) is 4.18. The lowest BCUT2D eigenvalue weighted by Gasteiger charge is -2.73. The van der Waals surface area contributed by atoms with Crippen LogP contribution in [-0.2, 0) is 14.3 Å². The van der Waals surface area contributed by atoms with E-state index < -0.39 is 34.3 Å². The topological polar surface area (TPSA) is 63.6 Å². The van der Waals surface area contributed by atoms with Gasteiger partial charge in [0.05, 0.1) is 0 Å². The summed E-state index contributed by atoms with van der Waals surface area (Å²) in [6, 6.07) is 0. The lowest BCUT2D eigenvalue weighted by Crippen LogP contribution is -2.81. The molecule has 0 aliphatic heterocycles. The molecule has 108 valence electrons. The van der Waals surface area contributed by atoms with Gasteiger partial charge in [-0.2, -0.15) is 0 Å². The van der Waals surface area contributed by atoms with Crippen LogP contribution in [0.5, 0.6) is 0 Å². The van der Waals surface area contributed by atoms with E-state index in [1.54, 1.807) is 20.8 Å². The molecule has 3 fully saturated rings. The maximum Gasteiger partial charge on any atom is 0.315 e. The normalized spacial score (nSPS) is 35.0. The molecule has 3 aliphatic carbocycles. The van der Waals surface area contributed by atoms with Crippen molar-refractivity contribution in [3.63, 3.8) is 0 Å². The smallest absolute Gasteiger partial charge is 0.315 e. The second-order valence-electron chi connectivity index (χ2n) is 6.68. The molecule has 0 unspecified atom stereocenters. The number of alkyl halides is 2. The lowest BCUT2D eigenvalue weighted by atomic mass is 9.31. The number of hydrogen-bond donors (Lipinski definition) is 1. The van der Waals surface area contributed by atoms with Crippen molar-refractivity contribution < 1.29 is 28.2 Å². The van der Waals surface area contributed by atoms with Gasteiger partial charge in [0.25, 0.3) is 5.92 Å². The van der Waals surface area contributed by atoms with Crippen molar-refractivity contribution in [2.75, 3.05) is 0 Å². The molecular formula is C13H18F2O4. The summed E-state index contributed by atoms with van der Waals surface area (Å²) in [5, 5.41) is 8.84. The molecule has 0 aromatic heterocycles. The van der Waals surface area contributed by atoms with Crippen molar-refractivity contribution >= 4 is 11.9 Å². The first-order chi connectivity index (χ1) is 8.46. The van der Waals surface area contributed by atoms with Gasteiger partial charge in [-0.1, -0.05) is 0 Å². The summed E-state index contributed by atoms with van der Waals surface area (Å²) >= 11 is 0. The van der Waals surface area contributed by atoms with Crippen molar-refractivity contribution in [1.82, 2.24) is 0 Å². The Morgan fingerprint density at radius 2 is 1.79 bits per heavy atom. The van der Waals surface area contributed by atoms with Crippen molar-refractivity contribution in [3.8, 4) is 0 Å². The molecule has 0 radical (unpaired) electrons. The molecule has 0 aromatic carbocycles. The number of carboxylic acids is 1. The number of esters is 1. The zero-order chi connectivity index (χ0) is 14.7. The molecular weight excluding hydrogens is 258 g/mol. The molecule has 6 heteroatoms. The van der Waals surface area contributed by atoms with Crippen molar-refractivity contribution in [1.29, 1.82) is 0 Å². The van der Waals surface area contributed by atoms with Gasteiger partial charge >= 0.3 is 11.9 Å². The van der Waals surface area contributed by atoms with E-state index in [0.717, 1.165) is 0 Å². The number of rotatable bonds is 4. The van der Waals surface area contributed by atoms with E-state index in [0.29, 0.717) is 0 Å². The quantitative estimate of drug-likeness (QED) is 0.802. The van der Waals surface area contributed by atoms with Crippen molar-refractivity contribution in [2.24, 2.45) is 10.8 Å². The number of hydrogen-bond acceptors (Lipinski definition) is 3. The Morgan fingerprint density at radius 1 is 1.26 bits per heavy atom. The van der Waals surface area contributed by atoms with E-state index >= 15 is 0 Å². The van der Waals surface area contributed by atoms with Crippen LogP contribution in [0.2, 0.25) is 0 Å². The van der Waals surface area contributed by atoms with Crippen LogP contribution >= 0.6 is 0 Å². The molecule has 0 amide bonds. The van der Waals surface area contributed by atoms with Gasteiger partial charge in [-0.25, -0.2) is 8.78 Å². The summed E-state index contributed by atoms with van der Waals surface area (Å²) in [7, 11) is 0. The molecule has 3 aliphatic rings. The Bertz CT molecular complexity index is 430. The highest BCUT2D eigenvalue weighted by Crippen LogP contribution is 2.83. The van der Waals surface area contributed by atoms with Gasteiger partial charge in [0.2, 0.25) is 0 Å². The number of ether oxygens (including phenoxy) is 1. The van der Waals surface area contributed by atoms with E-state index in [1.165, 1.54) is 0 Å². The first-order valence-electron chi connectivity index (χ1n) is 6.29. The lowest BCUT2D eigenvalue weighted by molar-refractivity contribution is -0.399. The predicted octanol–water partition coefficient (Wildman–Crippen LogP) is 2.61. The number of carbonyl (C=O) groups is 2. The Labute approximate surface area is 110 Å². The molecule has 4 nitrogen and oxygen atoms in total. The van der Waals surface area contributed by atoms with Crippen molar-refractivity contribution in [3.05, 3.63) is 0 Å². The first kappa shape index (κ1) is 14.2. The third-order valence-electron chi connectivity index (χ3n) is 4.18. The van der Waals surface area contributed by atoms with Crippen molar-refractivity contribution in [2.45, 2.75) is 58.0 Å². The molecule has 0 saturated heterocycles. The molecule has 0 heterocycles. The summed E-state index contributed by atoms with van der Waals surface area (Å²) < 4.78 is 32.7. The number of carbonyl (C=O) groups excluding carboxylic acids is 1. The van der Waals surface area contributed by atoms with E-state index in [1.807, 2.05) is 0 Å². The van der Waals surface area contributed by atoms with Crippen LogP contribution in [0.25, 0.3) is 0 Å². The summed E-state index contributed by atoms with van der Waals surface area (Å²) in [6.07, 6.45) is -0.178. The van der Waals surface area contributed by atoms with Crippen LogP contribution in [0.3, 0.4) is 0 Å². The van der Waals surface area contributed by atoms with Crippen LogP contribution in [-0.4, -0.2) is 28.6 Å². The molecule has 0 spiro atoms. The number of aliphatic carboxylic acids is 1. The monoisotopic (exact) mass is 276 g/mol. The summed E-state index contributed by atoms with van der Waals surface area (Å²) in [6.45, 7) is 5.12. The molecule has 0 atom stereocenters. The van der Waals surface area contributed by atoms with Gasteiger partial charge in [-0.3, -0.25) is 9.59 Å². The standard InChI is InChI=1S/C13H18F2O4/c1-10(2,3)19-8(16)4-5-11-6-12(7-11,9(17)18)13(11,14)15/h4-7H2,1-3H3,(H,17,18).